The van der Waals surface area contributed by atoms with E-state index < -0.39 is 47.1 Å². The highest BCUT2D eigenvalue weighted by atomic mass is 32.1. The molecule has 0 aliphatic carbocycles. The fourth-order valence-corrected chi connectivity index (χ4v) is 5.84. The Morgan fingerprint density at radius 1 is 1.17 bits per heavy atom. The van der Waals surface area contributed by atoms with Crippen molar-refractivity contribution in [3.8, 4) is 17.0 Å². The first-order valence-corrected chi connectivity index (χ1v) is 13.5. The third-order valence-corrected chi connectivity index (χ3v) is 8.34. The molecular weight excluding hydrogens is 578 g/mol. The highest BCUT2D eigenvalue weighted by molar-refractivity contribution is 7.22. The minimum atomic E-state index is -5.34. The van der Waals surface area contributed by atoms with E-state index in [0.717, 1.165) is 29.5 Å². The molecule has 6 N–H and O–H groups in total. The Morgan fingerprint density at radius 2 is 1.86 bits per heavy atom. The van der Waals surface area contributed by atoms with E-state index in [0.29, 0.717) is 15.8 Å². The topological polar surface area (TPSA) is 153 Å². The molecule has 0 bridgehead atoms. The van der Waals surface area contributed by atoms with Gasteiger partial charge in [0.05, 0.1) is 22.5 Å². The smallest absolute Gasteiger partial charge is 0.424 e. The molecular formula is C28H25F4N5O4S. The summed E-state index contributed by atoms with van der Waals surface area (Å²) in [6.07, 6.45) is -5.26. The Morgan fingerprint density at radius 3 is 2.48 bits per heavy atom. The number of carbonyl (C=O) groups is 2. The zero-order valence-electron chi connectivity index (χ0n) is 22.3. The maximum absolute atomic E-state index is 14.7. The lowest BCUT2D eigenvalue weighted by molar-refractivity contribution is -0.265. The molecule has 0 fully saturated rings. The third-order valence-electron chi connectivity index (χ3n) is 7.51. The molecule has 2 aromatic carbocycles. The van der Waals surface area contributed by atoms with Gasteiger partial charge in [-0.25, -0.2) is 14.4 Å². The molecule has 3 heterocycles. The first kappa shape index (κ1) is 29.2. The lowest BCUT2D eigenvalue weighted by atomic mass is 9.78. The first-order valence-electron chi connectivity index (χ1n) is 12.7. The molecule has 0 unspecified atom stereocenters. The number of thiazole rings is 1. The van der Waals surface area contributed by atoms with Crippen molar-refractivity contribution in [1.82, 2.24) is 15.3 Å². The SMILES string of the molecule is CC[C@]1(C(N)=O)COc2c1cc([C@@](O)(CNC(=O)c1cc(C)c3nc(N)sc3c1)C(F)(F)F)nc2-c1ccc(F)cc1. The van der Waals surface area contributed by atoms with Crippen LogP contribution >= 0.6 is 11.3 Å². The molecule has 9 nitrogen and oxygen atoms in total. The number of carbonyl (C=O) groups excluding carboxylic acids is 2. The number of primary amides is 1. The fraction of sp³-hybridized carbons (Fsp3) is 0.286. The zero-order valence-corrected chi connectivity index (χ0v) is 23.1. The van der Waals surface area contributed by atoms with E-state index >= 15 is 0 Å². The van der Waals surface area contributed by atoms with Crippen molar-refractivity contribution < 1.29 is 37.0 Å². The number of anilines is 1. The van der Waals surface area contributed by atoms with Gasteiger partial charge in [0.15, 0.2) is 5.13 Å². The van der Waals surface area contributed by atoms with Gasteiger partial charge in [-0.1, -0.05) is 18.3 Å². The number of benzene rings is 2. The maximum atomic E-state index is 14.7. The lowest BCUT2D eigenvalue weighted by Gasteiger charge is -2.32. The minimum Gasteiger partial charge on any atom is -0.489 e. The van der Waals surface area contributed by atoms with Crippen LogP contribution in [-0.2, 0) is 15.8 Å². The van der Waals surface area contributed by atoms with E-state index in [9.17, 15) is 32.3 Å². The van der Waals surface area contributed by atoms with Gasteiger partial charge in [-0.05, 0) is 61.4 Å². The molecule has 2 atom stereocenters. The van der Waals surface area contributed by atoms with E-state index in [1.54, 1.807) is 13.8 Å². The number of amides is 2. The molecule has 14 heteroatoms. The van der Waals surface area contributed by atoms with Crippen LogP contribution in [0.2, 0.25) is 0 Å². The van der Waals surface area contributed by atoms with Crippen molar-refractivity contribution in [2.24, 2.45) is 5.73 Å². The number of aryl methyl sites for hydroxylation is 1. The fourth-order valence-electron chi connectivity index (χ4n) is 4.99. The van der Waals surface area contributed by atoms with Crippen LogP contribution in [0.5, 0.6) is 5.75 Å². The Hall–Kier alpha value is -4.30. The number of aliphatic hydroxyl groups is 1. The molecule has 220 valence electrons. The number of nitrogen functional groups attached to an aromatic ring is 1. The number of ether oxygens (including phenoxy) is 1. The normalized spacial score (nSPS) is 17.9. The van der Waals surface area contributed by atoms with Crippen LogP contribution in [0.15, 0.2) is 42.5 Å². The molecule has 0 saturated heterocycles. The molecule has 0 radical (unpaired) electrons. The molecule has 42 heavy (non-hydrogen) atoms. The number of fused-ring (bicyclic) bond motifs is 2. The van der Waals surface area contributed by atoms with Gasteiger partial charge in [-0.3, -0.25) is 9.59 Å². The zero-order chi connectivity index (χ0) is 30.6. The summed E-state index contributed by atoms with van der Waals surface area (Å²) in [5.41, 5.74) is 6.51. The number of halogens is 4. The first-order chi connectivity index (χ1) is 19.7. The second-order valence-electron chi connectivity index (χ2n) is 10.1. The number of hydrogen-bond donors (Lipinski definition) is 4. The standard InChI is InChI=1S/C28H25F4N5O4S/c1-3-26(24(33)39)12-41-22-17(26)10-19(36-21(22)14-4-6-16(29)7-5-14)27(40,28(30,31)32)11-35-23(38)15-8-13(2)20-18(9-15)42-25(34)37-20/h4-10,40H,3,11-12H2,1-2H3,(H2,33,39)(H2,34,37)(H,35,38)/t26-,27-/m0/s1. The van der Waals surface area contributed by atoms with Gasteiger partial charge in [-0.15, -0.1) is 0 Å². The number of hydrogen-bond acceptors (Lipinski definition) is 8. The molecule has 1 aliphatic heterocycles. The van der Waals surface area contributed by atoms with E-state index in [-0.39, 0.29) is 46.3 Å². The predicted octanol–water partition coefficient (Wildman–Crippen LogP) is 4.09. The van der Waals surface area contributed by atoms with E-state index in [1.165, 1.54) is 24.3 Å². The highest BCUT2D eigenvalue weighted by Gasteiger charge is 2.58. The number of rotatable bonds is 7. The summed E-state index contributed by atoms with van der Waals surface area (Å²) in [4.78, 5) is 33.9. The van der Waals surface area contributed by atoms with Crippen LogP contribution in [0.4, 0.5) is 22.7 Å². The van der Waals surface area contributed by atoms with Crippen molar-refractivity contribution in [3.63, 3.8) is 0 Å². The second-order valence-corrected chi connectivity index (χ2v) is 11.1. The lowest BCUT2D eigenvalue weighted by Crippen LogP contribution is -2.52. The number of pyridine rings is 1. The number of nitrogens with zero attached hydrogens (tertiary/aromatic N) is 2. The molecule has 4 aromatic rings. The summed E-state index contributed by atoms with van der Waals surface area (Å²) in [6.45, 7) is 1.71. The third kappa shape index (κ3) is 4.69. The molecule has 2 aromatic heterocycles. The molecule has 0 saturated carbocycles. The summed E-state index contributed by atoms with van der Waals surface area (Å²) < 4.78 is 63.9. The van der Waals surface area contributed by atoms with Gasteiger partial charge in [0.1, 0.15) is 29.3 Å². The average Bonchev–Trinajstić information content (AvgIpc) is 3.51. The van der Waals surface area contributed by atoms with Crippen molar-refractivity contribution in [2.75, 3.05) is 18.9 Å². The van der Waals surface area contributed by atoms with Gasteiger partial charge >= 0.3 is 6.18 Å². The van der Waals surface area contributed by atoms with Crippen molar-refractivity contribution in [3.05, 3.63) is 70.7 Å². The Bertz CT molecular complexity index is 1730. The Balaban J connectivity index is 1.61. The number of alkyl halides is 3. The van der Waals surface area contributed by atoms with Crippen LogP contribution in [0.25, 0.3) is 21.5 Å². The van der Waals surface area contributed by atoms with Crippen LogP contribution in [0, 0.1) is 12.7 Å². The van der Waals surface area contributed by atoms with Crippen LogP contribution in [-0.4, -0.2) is 46.2 Å². The van der Waals surface area contributed by atoms with Crippen LogP contribution in [0.1, 0.15) is 40.5 Å². The number of nitrogens with two attached hydrogens (primary N) is 2. The van der Waals surface area contributed by atoms with Gasteiger partial charge in [0.25, 0.3) is 5.91 Å². The quantitative estimate of drug-likeness (QED) is 0.232. The molecule has 2 amide bonds. The van der Waals surface area contributed by atoms with Crippen molar-refractivity contribution in [2.45, 2.75) is 37.5 Å². The van der Waals surface area contributed by atoms with E-state index in [1.807, 2.05) is 0 Å². The monoisotopic (exact) mass is 603 g/mol. The average molecular weight is 604 g/mol. The van der Waals surface area contributed by atoms with Crippen LogP contribution < -0.4 is 21.5 Å². The largest absolute Gasteiger partial charge is 0.489 e. The van der Waals surface area contributed by atoms with Gasteiger partial charge in [0.2, 0.25) is 11.5 Å². The number of nitrogens with one attached hydrogen (secondary N) is 1. The van der Waals surface area contributed by atoms with E-state index in [2.05, 4.69) is 15.3 Å². The number of aromatic nitrogens is 2. The Labute approximate surface area is 240 Å². The summed E-state index contributed by atoms with van der Waals surface area (Å²) in [5, 5.41) is 13.7. The summed E-state index contributed by atoms with van der Waals surface area (Å²) >= 11 is 1.11. The van der Waals surface area contributed by atoms with Crippen LogP contribution in [0.3, 0.4) is 0 Å². The van der Waals surface area contributed by atoms with Gasteiger partial charge < -0.3 is 26.6 Å². The summed E-state index contributed by atoms with van der Waals surface area (Å²) in [5.74, 6) is -2.34. The van der Waals surface area contributed by atoms with Gasteiger partial charge in [0, 0.05) is 16.7 Å². The van der Waals surface area contributed by atoms with Gasteiger partial charge in [-0.2, -0.15) is 13.2 Å². The molecule has 0 spiro atoms. The second kappa shape index (κ2) is 10.2. The van der Waals surface area contributed by atoms with Crippen molar-refractivity contribution >= 4 is 38.5 Å². The van der Waals surface area contributed by atoms with Crippen molar-refractivity contribution in [1.29, 1.82) is 0 Å². The maximum Gasteiger partial charge on any atom is 0.424 e. The molecule has 5 rings (SSSR count). The predicted molar refractivity (Wildman–Crippen MR) is 147 cm³/mol. The molecule has 1 aliphatic rings. The summed E-state index contributed by atoms with van der Waals surface area (Å²) in [7, 11) is 0. The minimum absolute atomic E-state index is 0.000290. The Kier molecular flexibility index (Phi) is 7.10. The summed E-state index contributed by atoms with van der Waals surface area (Å²) in [6, 6.07) is 8.54. The highest BCUT2D eigenvalue weighted by Crippen LogP contribution is 2.49. The van der Waals surface area contributed by atoms with E-state index in [4.69, 9.17) is 16.2 Å².